The third-order valence-corrected chi connectivity index (χ3v) is 3.66. The predicted octanol–water partition coefficient (Wildman–Crippen LogP) is 3.42. The smallest absolute Gasteiger partial charge is 0.323 e. The minimum atomic E-state index is -0.951. The molecule has 0 aliphatic carbocycles. The second-order valence-electron chi connectivity index (χ2n) is 7.80. The lowest BCUT2D eigenvalue weighted by atomic mass is 10.00. The topological polar surface area (TPSA) is 75.6 Å². The molecule has 25 heavy (non-hydrogen) atoms. The molecule has 0 aliphatic rings. The molecule has 0 saturated carbocycles. The highest BCUT2D eigenvalue weighted by atomic mass is 16.6. The number of benzene rings is 1. The Labute approximate surface area is 150 Å². The van der Waals surface area contributed by atoms with Crippen LogP contribution < -0.4 is 5.32 Å². The van der Waals surface area contributed by atoms with Crippen LogP contribution in [0.4, 0.5) is 0 Å². The van der Waals surface area contributed by atoms with Gasteiger partial charge in [-0.25, -0.2) is 0 Å². The van der Waals surface area contributed by atoms with Crippen molar-refractivity contribution in [1.29, 1.82) is 0 Å². The molecule has 0 heterocycles. The molecule has 5 nitrogen and oxygen atoms in total. The number of hydrogen-bond acceptors (Lipinski definition) is 4. The van der Waals surface area contributed by atoms with Crippen LogP contribution in [-0.2, 0) is 20.7 Å². The van der Waals surface area contributed by atoms with Crippen molar-refractivity contribution in [3.05, 3.63) is 35.9 Å². The van der Waals surface area contributed by atoms with Crippen molar-refractivity contribution in [3.8, 4) is 0 Å². The zero-order valence-corrected chi connectivity index (χ0v) is 15.9. The summed E-state index contributed by atoms with van der Waals surface area (Å²) in [5.74, 6) is -1.10. The van der Waals surface area contributed by atoms with E-state index in [0.29, 0.717) is 19.3 Å². The summed E-state index contributed by atoms with van der Waals surface area (Å²) in [5, 5.41) is 12.5. The lowest BCUT2D eigenvalue weighted by molar-refractivity contribution is -0.158. The lowest BCUT2D eigenvalue weighted by Crippen LogP contribution is -2.49. The predicted molar refractivity (Wildman–Crippen MR) is 98.4 cm³/mol. The quantitative estimate of drug-likeness (QED) is 0.668. The van der Waals surface area contributed by atoms with Gasteiger partial charge in [-0.2, -0.15) is 0 Å². The van der Waals surface area contributed by atoms with E-state index in [0.717, 1.165) is 5.56 Å². The van der Waals surface area contributed by atoms with Crippen LogP contribution in [0.25, 0.3) is 0 Å². The standard InChI is InChI=1S/C20H31NO4/c1-14(2)13-17(19(24)25-20(3,4)5)21-16(18(22)23)12-11-15-9-7-6-8-10-15/h6-10,14,16-17,21H,11-13H2,1-5H3,(H,22,23)/t16-,17-/m0/s1. The molecule has 2 atom stereocenters. The van der Waals surface area contributed by atoms with Crippen LogP contribution in [0.2, 0.25) is 0 Å². The van der Waals surface area contributed by atoms with Gasteiger partial charge in [-0.15, -0.1) is 0 Å². The number of ether oxygens (including phenoxy) is 1. The highest BCUT2D eigenvalue weighted by molar-refractivity contribution is 5.79. The third kappa shape index (κ3) is 8.68. The van der Waals surface area contributed by atoms with Crippen LogP contribution in [0.1, 0.15) is 53.0 Å². The normalized spacial score (nSPS) is 14.2. The van der Waals surface area contributed by atoms with E-state index in [1.807, 2.05) is 44.2 Å². The Morgan fingerprint density at radius 2 is 1.72 bits per heavy atom. The Balaban J connectivity index is 2.77. The number of esters is 1. The van der Waals surface area contributed by atoms with Gasteiger partial charge in [0, 0.05) is 0 Å². The number of aliphatic carboxylic acids is 1. The SMILES string of the molecule is CC(C)C[C@H](N[C@@H](CCc1ccccc1)C(=O)O)C(=O)OC(C)(C)C. The van der Waals surface area contributed by atoms with Gasteiger partial charge >= 0.3 is 11.9 Å². The van der Waals surface area contributed by atoms with Gasteiger partial charge in [0.15, 0.2) is 0 Å². The van der Waals surface area contributed by atoms with Crippen molar-refractivity contribution in [2.75, 3.05) is 0 Å². The number of nitrogens with one attached hydrogen (secondary N) is 1. The Hall–Kier alpha value is -1.88. The summed E-state index contributed by atoms with van der Waals surface area (Å²) in [5.41, 5.74) is 0.477. The zero-order chi connectivity index (χ0) is 19.0. The maximum Gasteiger partial charge on any atom is 0.323 e. The number of carboxylic acid groups (broad SMARTS) is 1. The molecule has 0 aliphatic heterocycles. The molecular weight excluding hydrogens is 318 g/mol. The van der Waals surface area contributed by atoms with E-state index in [4.69, 9.17) is 4.74 Å². The van der Waals surface area contributed by atoms with E-state index < -0.39 is 29.6 Å². The molecule has 1 aromatic carbocycles. The van der Waals surface area contributed by atoms with Gasteiger partial charge in [-0.3, -0.25) is 14.9 Å². The second-order valence-corrected chi connectivity index (χ2v) is 7.80. The molecule has 1 aromatic rings. The van der Waals surface area contributed by atoms with Gasteiger partial charge in [0.25, 0.3) is 0 Å². The first-order valence-corrected chi connectivity index (χ1v) is 8.84. The van der Waals surface area contributed by atoms with Gasteiger partial charge in [0.2, 0.25) is 0 Å². The van der Waals surface area contributed by atoms with Crippen LogP contribution in [0.3, 0.4) is 0 Å². The van der Waals surface area contributed by atoms with Gasteiger partial charge in [0.1, 0.15) is 17.7 Å². The van der Waals surface area contributed by atoms with Gasteiger partial charge < -0.3 is 9.84 Å². The Kier molecular flexibility index (Phi) is 8.10. The number of carbonyl (C=O) groups is 2. The summed E-state index contributed by atoms with van der Waals surface area (Å²) >= 11 is 0. The first-order valence-electron chi connectivity index (χ1n) is 8.84. The van der Waals surface area contributed by atoms with Crippen LogP contribution in [0.5, 0.6) is 0 Å². The lowest BCUT2D eigenvalue weighted by Gasteiger charge is -2.27. The van der Waals surface area contributed by atoms with Gasteiger partial charge in [-0.1, -0.05) is 44.2 Å². The maximum absolute atomic E-state index is 12.4. The highest BCUT2D eigenvalue weighted by Crippen LogP contribution is 2.15. The molecular formula is C20H31NO4. The maximum atomic E-state index is 12.4. The summed E-state index contributed by atoms with van der Waals surface area (Å²) in [6, 6.07) is 8.31. The fourth-order valence-corrected chi connectivity index (χ4v) is 2.55. The van der Waals surface area contributed by atoms with Crippen molar-refractivity contribution >= 4 is 11.9 Å². The van der Waals surface area contributed by atoms with Gasteiger partial charge in [0.05, 0.1) is 0 Å². The van der Waals surface area contributed by atoms with Crippen molar-refractivity contribution in [2.24, 2.45) is 5.92 Å². The minimum absolute atomic E-state index is 0.244. The molecule has 2 N–H and O–H groups in total. The van der Waals surface area contributed by atoms with E-state index in [-0.39, 0.29) is 5.92 Å². The number of hydrogen-bond donors (Lipinski definition) is 2. The average molecular weight is 349 g/mol. The monoisotopic (exact) mass is 349 g/mol. The molecule has 0 fully saturated rings. The molecule has 1 rings (SSSR count). The van der Waals surface area contributed by atoms with E-state index in [9.17, 15) is 14.7 Å². The number of carbonyl (C=O) groups excluding carboxylic acids is 1. The molecule has 0 unspecified atom stereocenters. The summed E-state index contributed by atoms with van der Waals surface area (Å²) in [6.07, 6.45) is 1.58. The third-order valence-electron chi connectivity index (χ3n) is 3.66. The summed E-state index contributed by atoms with van der Waals surface area (Å²) in [6.45, 7) is 9.42. The Morgan fingerprint density at radius 3 is 2.20 bits per heavy atom. The average Bonchev–Trinajstić information content (AvgIpc) is 2.48. The fourth-order valence-electron chi connectivity index (χ4n) is 2.55. The van der Waals surface area contributed by atoms with Crippen LogP contribution in [0.15, 0.2) is 30.3 Å². The number of aryl methyl sites for hydroxylation is 1. The van der Waals surface area contributed by atoms with Crippen LogP contribution in [-0.4, -0.2) is 34.7 Å². The highest BCUT2D eigenvalue weighted by Gasteiger charge is 2.30. The number of carboxylic acids is 1. The molecule has 140 valence electrons. The van der Waals surface area contributed by atoms with Crippen molar-refractivity contribution in [3.63, 3.8) is 0 Å². The largest absolute Gasteiger partial charge is 0.480 e. The first kappa shape index (κ1) is 21.2. The van der Waals surface area contributed by atoms with Crippen molar-refractivity contribution < 1.29 is 19.4 Å². The van der Waals surface area contributed by atoms with Gasteiger partial charge in [-0.05, 0) is 51.5 Å². The second kappa shape index (κ2) is 9.56. The van der Waals surface area contributed by atoms with Crippen molar-refractivity contribution in [1.82, 2.24) is 5.32 Å². The number of rotatable bonds is 9. The van der Waals surface area contributed by atoms with E-state index in [1.54, 1.807) is 20.8 Å². The molecule has 0 radical (unpaired) electrons. The summed E-state index contributed by atoms with van der Waals surface area (Å²) in [4.78, 5) is 24.1. The Morgan fingerprint density at radius 1 is 1.12 bits per heavy atom. The Bertz CT molecular complexity index is 549. The molecule has 0 bridgehead atoms. The van der Waals surface area contributed by atoms with E-state index >= 15 is 0 Å². The summed E-state index contributed by atoms with van der Waals surface area (Å²) < 4.78 is 5.45. The molecule has 0 amide bonds. The minimum Gasteiger partial charge on any atom is -0.480 e. The first-order chi connectivity index (χ1) is 11.6. The molecule has 0 spiro atoms. The fraction of sp³-hybridized carbons (Fsp3) is 0.600. The van der Waals surface area contributed by atoms with Crippen LogP contribution in [0, 0.1) is 5.92 Å². The van der Waals surface area contributed by atoms with E-state index in [2.05, 4.69) is 5.32 Å². The molecule has 0 saturated heterocycles. The van der Waals surface area contributed by atoms with E-state index in [1.165, 1.54) is 0 Å². The zero-order valence-electron chi connectivity index (χ0n) is 15.9. The summed E-state index contributed by atoms with van der Waals surface area (Å²) in [7, 11) is 0. The van der Waals surface area contributed by atoms with Crippen LogP contribution >= 0.6 is 0 Å². The molecule has 0 aromatic heterocycles. The molecule has 5 heteroatoms. The van der Waals surface area contributed by atoms with Crippen molar-refractivity contribution in [2.45, 2.75) is 71.6 Å².